The first-order valence-electron chi connectivity index (χ1n) is 22.6. The Morgan fingerprint density at radius 2 is 1.85 bits per heavy atom. The highest BCUT2D eigenvalue weighted by molar-refractivity contribution is 7.91. The summed E-state index contributed by atoms with van der Waals surface area (Å²) in [6.45, 7) is 6.96. The van der Waals surface area contributed by atoms with E-state index in [9.17, 15) is 40.8 Å². The lowest BCUT2D eigenvalue weighted by Crippen LogP contribution is -2.59. The summed E-state index contributed by atoms with van der Waals surface area (Å²) >= 11 is 0. The van der Waals surface area contributed by atoms with E-state index in [1.54, 1.807) is 6.92 Å². The summed E-state index contributed by atoms with van der Waals surface area (Å²) in [5.74, 6) is -3.60. The molecule has 21 heteroatoms. The highest BCUT2D eigenvalue weighted by atomic mass is 32.2. The van der Waals surface area contributed by atoms with Gasteiger partial charge in [0.05, 0.1) is 25.0 Å². The van der Waals surface area contributed by atoms with E-state index in [0.29, 0.717) is 94.9 Å². The summed E-state index contributed by atoms with van der Waals surface area (Å²) in [7, 11) is -2.41. The van der Waals surface area contributed by atoms with E-state index in [2.05, 4.69) is 20.6 Å². The molecule has 4 aliphatic rings. The Kier molecular flexibility index (Phi) is 15.4. The Morgan fingerprint density at radius 3 is 2.50 bits per heavy atom. The van der Waals surface area contributed by atoms with Gasteiger partial charge in [0.2, 0.25) is 45.1 Å². The topological polar surface area (TPSA) is 218 Å². The van der Waals surface area contributed by atoms with Crippen molar-refractivity contribution < 1.29 is 64.1 Å². The van der Waals surface area contributed by atoms with Crippen LogP contribution in [0.25, 0.3) is 10.8 Å². The van der Waals surface area contributed by atoms with Crippen LogP contribution in [0.3, 0.4) is 0 Å². The van der Waals surface area contributed by atoms with Crippen LogP contribution in [0.15, 0.2) is 24.3 Å². The number of nitrogens with one attached hydrogen (secondary N) is 3. The van der Waals surface area contributed by atoms with E-state index < -0.39 is 86.2 Å². The second kappa shape index (κ2) is 20.1. The van der Waals surface area contributed by atoms with E-state index in [-0.39, 0.29) is 36.4 Å². The molecule has 0 spiro atoms. The second-order valence-electron chi connectivity index (χ2n) is 18.8. The predicted octanol–water partition coefficient (Wildman–Crippen LogP) is 6.29. The molecule has 2 aliphatic carbocycles. The number of rotatable bonds is 19. The Bertz CT molecular complexity index is 2290. The summed E-state index contributed by atoms with van der Waals surface area (Å²) < 4.78 is 105. The van der Waals surface area contributed by atoms with Crippen molar-refractivity contribution in [3.63, 3.8) is 0 Å². The first-order chi connectivity index (χ1) is 31.0. The van der Waals surface area contributed by atoms with Crippen molar-refractivity contribution >= 4 is 44.6 Å². The molecule has 16 nitrogen and oxygen atoms in total. The smallest absolute Gasteiger partial charge is 0.427 e. The zero-order chi connectivity index (χ0) is 48.4. The molecule has 1 unspecified atom stereocenters. The van der Waals surface area contributed by atoms with Crippen molar-refractivity contribution in [1.82, 2.24) is 25.5 Å². The van der Waals surface area contributed by atoms with Crippen molar-refractivity contribution in [2.24, 2.45) is 29.4 Å². The minimum atomic E-state index is -4.91. The molecule has 4 amide bonds. The highest BCUT2D eigenvalue weighted by Gasteiger charge is 2.52. The van der Waals surface area contributed by atoms with Crippen LogP contribution in [0.5, 0.6) is 17.5 Å². The largest absolute Gasteiger partial charge is 0.494 e. The van der Waals surface area contributed by atoms with E-state index in [4.69, 9.17) is 24.7 Å². The van der Waals surface area contributed by atoms with Gasteiger partial charge in [-0.2, -0.15) is 18.2 Å². The molecule has 1 saturated heterocycles. The van der Waals surface area contributed by atoms with Gasteiger partial charge in [-0.1, -0.05) is 38.8 Å². The van der Waals surface area contributed by atoms with E-state index in [0.717, 1.165) is 18.4 Å². The number of likely N-dealkylation sites (tertiary alicyclic amines) is 1. The number of nitrogens with two attached hydrogens (primary N) is 1. The SMILES string of the molecule is CC[C@H](C[C@H](C)CC/C=C\[C@@H]1CCCC1C(=O)NS(=O)(=O)C1(C)CC1)[C@H](NNC(=O)OC(C)(C)C(F)(F)F)C(=O)N1C[C@H](Oc2nc3c(c4cc(OC)c(F)cc24)CCCO3)C[C@H]1C(N)=O. The number of sulfonamides is 1. The minimum absolute atomic E-state index is 0.00181. The number of aryl methyl sites for hydroxylation is 1. The molecule has 66 heavy (non-hydrogen) atoms. The average Bonchev–Trinajstić information content (AvgIpc) is 3.62. The maximum absolute atomic E-state index is 15.1. The highest BCUT2D eigenvalue weighted by Crippen LogP contribution is 2.43. The van der Waals surface area contributed by atoms with Crippen LogP contribution in [0.2, 0.25) is 0 Å². The fourth-order valence-electron chi connectivity index (χ4n) is 9.05. The number of hydrazine groups is 1. The van der Waals surface area contributed by atoms with Gasteiger partial charge in [-0.15, -0.1) is 0 Å². The number of nitrogens with zero attached hydrogens (tertiary/aromatic N) is 2. The molecule has 2 aliphatic heterocycles. The molecule has 1 aromatic carbocycles. The number of allylic oxidation sites excluding steroid dienone is 2. The van der Waals surface area contributed by atoms with Crippen LogP contribution in [-0.4, -0.2) is 97.1 Å². The third kappa shape index (κ3) is 11.3. The van der Waals surface area contributed by atoms with Crippen LogP contribution < -0.4 is 35.5 Å². The summed E-state index contributed by atoms with van der Waals surface area (Å²) in [6.07, 6.45) is 2.94. The quantitative estimate of drug-likeness (QED) is 0.0695. The van der Waals surface area contributed by atoms with Crippen LogP contribution in [0.4, 0.5) is 22.4 Å². The number of aromatic nitrogens is 1. The van der Waals surface area contributed by atoms with Crippen LogP contribution >= 0.6 is 0 Å². The fraction of sp³-hybridized carbons (Fsp3) is 0.667. The first kappa shape index (κ1) is 50.5. The van der Waals surface area contributed by atoms with Crippen molar-refractivity contribution in [2.75, 3.05) is 20.3 Å². The summed E-state index contributed by atoms with van der Waals surface area (Å²) in [6, 6.07) is 0.268. The van der Waals surface area contributed by atoms with Crippen molar-refractivity contribution in [1.29, 1.82) is 0 Å². The number of methoxy groups -OCH3 is 1. The predicted molar refractivity (Wildman–Crippen MR) is 234 cm³/mol. The number of fused-ring (bicyclic) bond motifs is 3. The maximum Gasteiger partial charge on any atom is 0.427 e. The molecular weight excluding hydrogens is 893 g/mol. The summed E-state index contributed by atoms with van der Waals surface area (Å²) in [5, 5.41) is 0.914. The van der Waals surface area contributed by atoms with Gasteiger partial charge in [-0.05, 0) is 114 Å². The number of halogens is 4. The lowest BCUT2D eigenvalue weighted by Gasteiger charge is -2.34. The number of pyridine rings is 1. The number of hydrogen-bond donors (Lipinski definition) is 4. The van der Waals surface area contributed by atoms with Gasteiger partial charge in [0.15, 0.2) is 11.6 Å². The number of primary amides is 1. The molecule has 366 valence electrons. The lowest BCUT2D eigenvalue weighted by molar-refractivity contribution is -0.244. The molecule has 7 atom stereocenters. The number of carbonyl (C=O) groups excluding carboxylic acids is 4. The number of alkyl halides is 3. The van der Waals surface area contributed by atoms with Crippen molar-refractivity contribution in [3.05, 3.63) is 35.7 Å². The standard InChI is InChI=1S/C45H62F4N6O10S/c1-7-26(20-25(2)12-8-9-13-27-14-10-15-29(27)38(57)54-66(60,61)44(5)17-18-44)36(52-53-42(59)65-43(3,4)45(47,48)49)41(58)55-24-28(21-34(55)37(50)56)64-40-32-22-33(46)35(62-6)23-31(32)30-16-11-19-63-39(30)51-40/h9,13,22-23,25-29,34,36,52H,7-8,10-12,14-21,24H2,1-6H3,(H2,50,56)(H,53,59)(H,54,57)/b13-9-/t25-,26-,27-,28-,29?,34+,36+/m1/s1. The van der Waals surface area contributed by atoms with Gasteiger partial charge in [-0.25, -0.2) is 23.0 Å². The Balaban J connectivity index is 1.17. The molecule has 6 rings (SSSR count). The first-order valence-corrected chi connectivity index (χ1v) is 24.1. The lowest BCUT2D eigenvalue weighted by atomic mass is 9.85. The molecule has 1 aromatic heterocycles. The second-order valence-corrected chi connectivity index (χ2v) is 21.0. The Morgan fingerprint density at radius 1 is 1.12 bits per heavy atom. The monoisotopic (exact) mass is 954 g/mol. The number of carbonyl (C=O) groups is 4. The van der Waals surface area contributed by atoms with Crippen molar-refractivity contribution in [2.45, 2.75) is 146 Å². The van der Waals surface area contributed by atoms with Crippen LogP contribution in [-0.2, 0) is 35.6 Å². The van der Waals surface area contributed by atoms with E-state index >= 15 is 4.39 Å². The van der Waals surface area contributed by atoms with E-state index in [1.165, 1.54) is 24.1 Å². The number of ether oxygens (including phenoxy) is 4. The molecule has 3 heterocycles. The Hall–Kier alpha value is -4.92. The molecule has 2 saturated carbocycles. The van der Waals surface area contributed by atoms with Gasteiger partial charge < -0.3 is 29.6 Å². The maximum atomic E-state index is 15.1. The zero-order valence-corrected chi connectivity index (χ0v) is 39.0. The van der Waals surface area contributed by atoms with E-state index in [1.807, 2.05) is 26.0 Å². The summed E-state index contributed by atoms with van der Waals surface area (Å²) in [4.78, 5) is 59.3. The zero-order valence-electron chi connectivity index (χ0n) is 38.2. The van der Waals surface area contributed by atoms with Gasteiger partial charge in [-0.3, -0.25) is 24.5 Å². The normalized spacial score (nSPS) is 23.1. The Labute approximate surface area is 382 Å². The third-order valence-corrected chi connectivity index (χ3v) is 15.7. The van der Waals surface area contributed by atoms with Crippen LogP contribution in [0.1, 0.15) is 111 Å². The molecule has 0 radical (unpaired) electrons. The summed E-state index contributed by atoms with van der Waals surface area (Å²) in [5.41, 5.74) is 8.49. The molecule has 5 N–H and O–H groups in total. The number of benzene rings is 1. The van der Waals surface area contributed by atoms with Crippen LogP contribution in [0, 0.1) is 29.5 Å². The minimum Gasteiger partial charge on any atom is -0.494 e. The molecule has 3 fully saturated rings. The van der Waals surface area contributed by atoms with Gasteiger partial charge >= 0.3 is 12.3 Å². The third-order valence-electron chi connectivity index (χ3n) is 13.6. The van der Waals surface area contributed by atoms with Crippen molar-refractivity contribution in [3.8, 4) is 17.5 Å². The van der Waals surface area contributed by atoms with Gasteiger partial charge in [0.25, 0.3) is 0 Å². The molecule has 2 aromatic rings. The average molecular weight is 955 g/mol. The van der Waals surface area contributed by atoms with Gasteiger partial charge in [0.1, 0.15) is 18.2 Å². The number of hydrogen-bond acceptors (Lipinski definition) is 12. The number of amides is 4. The van der Waals surface area contributed by atoms with Gasteiger partial charge in [0, 0.05) is 23.3 Å². The fourth-order valence-corrected chi connectivity index (χ4v) is 10.4. The molecular formula is C45H62F4N6O10S. The molecule has 0 bridgehead atoms.